The van der Waals surface area contributed by atoms with Gasteiger partial charge in [-0.3, -0.25) is 9.59 Å². The van der Waals surface area contributed by atoms with E-state index in [1.807, 2.05) is 12.1 Å². The van der Waals surface area contributed by atoms with E-state index in [4.69, 9.17) is 4.74 Å². The Balaban J connectivity index is 1.79. The van der Waals surface area contributed by atoms with E-state index in [0.29, 0.717) is 17.7 Å². The standard InChI is InChI=1S/C14H15N3O3/c18-13-10-5-2-1-4-9(10)11(16-17-13)8-15-14(19)12-6-3-7-20-12/h1-2,4-5,12H,3,6-8H2,(H,15,19)(H,17,18)/t12-/m0/s1. The van der Waals surface area contributed by atoms with E-state index in [1.54, 1.807) is 12.1 Å². The average molecular weight is 273 g/mol. The molecule has 1 aromatic heterocycles. The highest BCUT2D eigenvalue weighted by atomic mass is 16.5. The van der Waals surface area contributed by atoms with Crippen LogP contribution in [0, 0.1) is 0 Å². The van der Waals surface area contributed by atoms with Crippen LogP contribution in [0.2, 0.25) is 0 Å². The van der Waals surface area contributed by atoms with E-state index in [-0.39, 0.29) is 24.1 Å². The smallest absolute Gasteiger partial charge is 0.272 e. The number of aromatic amines is 1. The van der Waals surface area contributed by atoms with Crippen LogP contribution in [0.3, 0.4) is 0 Å². The molecular weight excluding hydrogens is 258 g/mol. The Morgan fingerprint density at radius 2 is 2.20 bits per heavy atom. The maximum absolute atomic E-state index is 11.9. The molecule has 1 saturated heterocycles. The first-order chi connectivity index (χ1) is 9.75. The molecule has 104 valence electrons. The normalized spacial score (nSPS) is 18.3. The Morgan fingerprint density at radius 3 is 2.95 bits per heavy atom. The SMILES string of the molecule is O=C(NCc1n[nH]c(=O)c2ccccc12)[C@@H]1CCCO1. The summed E-state index contributed by atoms with van der Waals surface area (Å²) >= 11 is 0. The van der Waals surface area contributed by atoms with Crippen LogP contribution < -0.4 is 10.9 Å². The van der Waals surface area contributed by atoms with Gasteiger partial charge in [-0.05, 0) is 18.9 Å². The molecule has 0 spiro atoms. The van der Waals surface area contributed by atoms with Crippen LogP contribution in [0.4, 0.5) is 0 Å². The molecule has 2 N–H and O–H groups in total. The second-order valence-electron chi connectivity index (χ2n) is 4.76. The summed E-state index contributed by atoms with van der Waals surface area (Å²) in [6, 6.07) is 7.20. The first-order valence-corrected chi connectivity index (χ1v) is 6.61. The van der Waals surface area contributed by atoms with Gasteiger partial charge in [0.2, 0.25) is 5.91 Å². The molecule has 0 saturated carbocycles. The predicted octanol–water partition coefficient (Wildman–Crippen LogP) is 0.718. The Labute approximate surface area is 115 Å². The second-order valence-corrected chi connectivity index (χ2v) is 4.76. The summed E-state index contributed by atoms with van der Waals surface area (Å²) in [5.74, 6) is -0.125. The molecule has 0 bridgehead atoms. The number of fused-ring (bicyclic) bond motifs is 1. The summed E-state index contributed by atoms with van der Waals surface area (Å²) in [6.45, 7) is 0.911. The third-order valence-electron chi connectivity index (χ3n) is 3.43. The van der Waals surface area contributed by atoms with Crippen LogP contribution in [-0.2, 0) is 16.1 Å². The number of hydrogen-bond acceptors (Lipinski definition) is 4. The van der Waals surface area contributed by atoms with Crippen LogP contribution in [0.5, 0.6) is 0 Å². The molecule has 6 nitrogen and oxygen atoms in total. The number of nitrogens with zero attached hydrogens (tertiary/aromatic N) is 1. The fourth-order valence-electron chi connectivity index (χ4n) is 2.38. The molecule has 1 aromatic carbocycles. The van der Waals surface area contributed by atoms with Gasteiger partial charge in [0, 0.05) is 12.0 Å². The molecule has 1 atom stereocenters. The first kappa shape index (κ1) is 12.8. The number of rotatable bonds is 3. The second kappa shape index (κ2) is 5.42. The fraction of sp³-hybridized carbons (Fsp3) is 0.357. The zero-order valence-electron chi connectivity index (χ0n) is 10.9. The maximum atomic E-state index is 11.9. The number of benzene rings is 1. The molecule has 2 aromatic rings. The fourth-order valence-corrected chi connectivity index (χ4v) is 2.38. The zero-order valence-corrected chi connectivity index (χ0v) is 10.9. The molecule has 0 aliphatic carbocycles. The van der Waals surface area contributed by atoms with Crippen molar-refractivity contribution in [1.82, 2.24) is 15.5 Å². The Morgan fingerprint density at radius 1 is 1.40 bits per heavy atom. The predicted molar refractivity (Wildman–Crippen MR) is 73.2 cm³/mol. The quantitative estimate of drug-likeness (QED) is 0.863. The number of H-pyrrole nitrogens is 1. The van der Waals surface area contributed by atoms with Crippen molar-refractivity contribution in [2.75, 3.05) is 6.61 Å². The summed E-state index contributed by atoms with van der Waals surface area (Å²) in [5, 5.41) is 10.6. The molecule has 3 rings (SSSR count). The highest BCUT2D eigenvalue weighted by molar-refractivity contribution is 5.84. The van der Waals surface area contributed by atoms with Crippen LogP contribution in [0.15, 0.2) is 29.1 Å². The van der Waals surface area contributed by atoms with E-state index >= 15 is 0 Å². The van der Waals surface area contributed by atoms with Gasteiger partial charge in [0.05, 0.1) is 17.6 Å². The van der Waals surface area contributed by atoms with Gasteiger partial charge in [0.1, 0.15) is 6.10 Å². The maximum Gasteiger partial charge on any atom is 0.272 e. The minimum Gasteiger partial charge on any atom is -0.368 e. The number of hydrogen-bond donors (Lipinski definition) is 2. The van der Waals surface area contributed by atoms with E-state index in [1.165, 1.54) is 0 Å². The van der Waals surface area contributed by atoms with E-state index in [9.17, 15) is 9.59 Å². The van der Waals surface area contributed by atoms with E-state index in [2.05, 4.69) is 15.5 Å². The number of nitrogens with one attached hydrogen (secondary N) is 2. The minimum absolute atomic E-state index is 0.125. The van der Waals surface area contributed by atoms with Crippen molar-refractivity contribution < 1.29 is 9.53 Å². The molecule has 0 unspecified atom stereocenters. The Hall–Kier alpha value is -2.21. The molecule has 1 aliphatic rings. The Kier molecular flexibility index (Phi) is 3.47. The van der Waals surface area contributed by atoms with Crippen molar-refractivity contribution in [3.05, 3.63) is 40.3 Å². The third kappa shape index (κ3) is 2.42. The highest BCUT2D eigenvalue weighted by Crippen LogP contribution is 2.14. The van der Waals surface area contributed by atoms with Gasteiger partial charge in [0.25, 0.3) is 5.56 Å². The van der Waals surface area contributed by atoms with Crippen molar-refractivity contribution in [1.29, 1.82) is 0 Å². The monoisotopic (exact) mass is 273 g/mol. The summed E-state index contributed by atoms with van der Waals surface area (Å²) in [4.78, 5) is 23.5. The van der Waals surface area contributed by atoms with Gasteiger partial charge in [0.15, 0.2) is 0 Å². The van der Waals surface area contributed by atoms with Gasteiger partial charge in [-0.2, -0.15) is 5.10 Å². The van der Waals surface area contributed by atoms with Crippen LogP contribution in [0.1, 0.15) is 18.5 Å². The van der Waals surface area contributed by atoms with Crippen molar-refractivity contribution in [2.24, 2.45) is 0 Å². The minimum atomic E-state index is -0.357. The lowest BCUT2D eigenvalue weighted by atomic mass is 10.1. The molecular formula is C14H15N3O3. The number of carbonyl (C=O) groups excluding carboxylic acids is 1. The largest absolute Gasteiger partial charge is 0.368 e. The topological polar surface area (TPSA) is 84.1 Å². The first-order valence-electron chi connectivity index (χ1n) is 6.61. The lowest BCUT2D eigenvalue weighted by Crippen LogP contribution is -2.34. The lowest BCUT2D eigenvalue weighted by molar-refractivity contribution is -0.130. The van der Waals surface area contributed by atoms with Crippen molar-refractivity contribution in [3.8, 4) is 0 Å². The lowest BCUT2D eigenvalue weighted by Gasteiger charge is -2.10. The summed E-state index contributed by atoms with van der Waals surface area (Å²) in [5.41, 5.74) is 0.418. The molecule has 1 amide bonds. The van der Waals surface area contributed by atoms with Gasteiger partial charge in [-0.15, -0.1) is 0 Å². The van der Waals surface area contributed by atoms with Gasteiger partial charge < -0.3 is 10.1 Å². The molecule has 20 heavy (non-hydrogen) atoms. The highest BCUT2D eigenvalue weighted by Gasteiger charge is 2.23. The van der Waals surface area contributed by atoms with Crippen LogP contribution >= 0.6 is 0 Å². The summed E-state index contributed by atoms with van der Waals surface area (Å²) < 4.78 is 5.32. The van der Waals surface area contributed by atoms with Gasteiger partial charge >= 0.3 is 0 Å². The number of amides is 1. The number of carbonyl (C=O) groups is 1. The van der Waals surface area contributed by atoms with Crippen molar-refractivity contribution in [3.63, 3.8) is 0 Å². The van der Waals surface area contributed by atoms with Crippen molar-refractivity contribution >= 4 is 16.7 Å². The third-order valence-corrected chi connectivity index (χ3v) is 3.43. The van der Waals surface area contributed by atoms with Crippen molar-refractivity contribution in [2.45, 2.75) is 25.5 Å². The number of aromatic nitrogens is 2. The van der Waals surface area contributed by atoms with Crippen LogP contribution in [-0.4, -0.2) is 28.8 Å². The zero-order chi connectivity index (χ0) is 13.9. The van der Waals surface area contributed by atoms with E-state index < -0.39 is 0 Å². The van der Waals surface area contributed by atoms with Crippen LogP contribution in [0.25, 0.3) is 10.8 Å². The summed E-state index contributed by atoms with van der Waals surface area (Å²) in [7, 11) is 0. The molecule has 0 radical (unpaired) electrons. The van der Waals surface area contributed by atoms with Gasteiger partial charge in [-0.25, -0.2) is 5.10 Å². The summed E-state index contributed by atoms with van der Waals surface area (Å²) in [6.07, 6.45) is 1.31. The van der Waals surface area contributed by atoms with E-state index in [0.717, 1.165) is 18.2 Å². The average Bonchev–Trinajstić information content (AvgIpc) is 3.01. The van der Waals surface area contributed by atoms with Gasteiger partial charge in [-0.1, -0.05) is 18.2 Å². The molecule has 1 aliphatic heterocycles. The molecule has 6 heteroatoms. The molecule has 1 fully saturated rings. The molecule has 2 heterocycles. The number of ether oxygens (including phenoxy) is 1. The Bertz CT molecular complexity index is 689.